The molecule has 1 heterocycles. The number of hydrogen-bond donors (Lipinski definition) is 0. The van der Waals surface area contributed by atoms with Gasteiger partial charge in [-0.2, -0.15) is 0 Å². The predicted molar refractivity (Wildman–Crippen MR) is 93.8 cm³/mol. The van der Waals surface area contributed by atoms with Crippen LogP contribution in [0.3, 0.4) is 0 Å². The molecule has 0 aromatic heterocycles. The number of nitrogens with zero attached hydrogens (tertiary/aromatic N) is 1. The Kier molecular flexibility index (Phi) is 5.17. The van der Waals surface area contributed by atoms with E-state index in [9.17, 15) is 4.79 Å². The van der Waals surface area contributed by atoms with Crippen LogP contribution in [0.2, 0.25) is 10.0 Å². The van der Waals surface area contributed by atoms with Gasteiger partial charge in [-0.15, -0.1) is 0 Å². The molecule has 0 aliphatic carbocycles. The van der Waals surface area contributed by atoms with Crippen LogP contribution in [0.1, 0.15) is 17.5 Å². The summed E-state index contributed by atoms with van der Waals surface area (Å²) < 4.78 is 10.6. The lowest BCUT2D eigenvalue weighted by molar-refractivity contribution is -0.130. The summed E-state index contributed by atoms with van der Waals surface area (Å²) in [6.07, 6.45) is 1.05. The number of benzene rings is 2. The quantitative estimate of drug-likeness (QED) is 0.792. The molecule has 0 fully saturated rings. The van der Waals surface area contributed by atoms with Gasteiger partial charge in [-0.3, -0.25) is 4.79 Å². The highest BCUT2D eigenvalue weighted by Crippen LogP contribution is 2.33. The molecule has 0 atom stereocenters. The number of carbonyl (C=O) groups excluding carboxylic acids is 1. The first-order valence-electron chi connectivity index (χ1n) is 7.60. The Hall–Kier alpha value is -1.91. The average Bonchev–Trinajstić information content (AvgIpc) is 3.04. The lowest BCUT2D eigenvalue weighted by Gasteiger charge is -2.18. The maximum absolute atomic E-state index is 12.3. The Labute approximate surface area is 150 Å². The fourth-order valence-electron chi connectivity index (χ4n) is 2.55. The van der Waals surface area contributed by atoms with Gasteiger partial charge in [0.25, 0.3) is 0 Å². The van der Waals surface area contributed by atoms with Gasteiger partial charge in [-0.1, -0.05) is 41.4 Å². The SMILES string of the molecule is CN(Cc1cccc(Cl)c1Cl)C(=O)CCc1ccc2c(c1)OCO2. The zero-order valence-electron chi connectivity index (χ0n) is 13.2. The van der Waals surface area contributed by atoms with E-state index in [1.165, 1.54) is 0 Å². The zero-order chi connectivity index (χ0) is 17.1. The van der Waals surface area contributed by atoms with Gasteiger partial charge in [0.2, 0.25) is 12.7 Å². The first-order valence-corrected chi connectivity index (χ1v) is 8.35. The van der Waals surface area contributed by atoms with Gasteiger partial charge in [-0.25, -0.2) is 0 Å². The van der Waals surface area contributed by atoms with Crippen molar-refractivity contribution in [2.24, 2.45) is 0 Å². The summed E-state index contributed by atoms with van der Waals surface area (Å²) in [5.41, 5.74) is 1.88. The van der Waals surface area contributed by atoms with Crippen LogP contribution in [0.5, 0.6) is 11.5 Å². The molecule has 3 rings (SSSR count). The Morgan fingerprint density at radius 2 is 1.96 bits per heavy atom. The molecule has 1 amide bonds. The molecule has 1 aliphatic heterocycles. The minimum absolute atomic E-state index is 0.0451. The maximum Gasteiger partial charge on any atom is 0.231 e. The molecule has 0 unspecified atom stereocenters. The molecule has 0 radical (unpaired) electrons. The minimum atomic E-state index is 0.0451. The second-order valence-corrected chi connectivity index (χ2v) is 6.44. The number of halogens is 2. The summed E-state index contributed by atoms with van der Waals surface area (Å²) in [6, 6.07) is 11.2. The molecule has 1 aliphatic rings. The van der Waals surface area contributed by atoms with E-state index in [4.69, 9.17) is 32.7 Å². The number of amides is 1. The summed E-state index contributed by atoms with van der Waals surface area (Å²) in [4.78, 5) is 14.0. The van der Waals surface area contributed by atoms with E-state index in [0.29, 0.717) is 29.4 Å². The van der Waals surface area contributed by atoms with Gasteiger partial charge in [0.15, 0.2) is 11.5 Å². The number of carbonyl (C=O) groups is 1. The Balaban J connectivity index is 1.57. The second kappa shape index (κ2) is 7.32. The normalized spacial score (nSPS) is 12.3. The summed E-state index contributed by atoms with van der Waals surface area (Å²) in [7, 11) is 1.76. The summed E-state index contributed by atoms with van der Waals surface area (Å²) in [6.45, 7) is 0.681. The van der Waals surface area contributed by atoms with Gasteiger partial charge in [-0.05, 0) is 35.7 Å². The van der Waals surface area contributed by atoms with Crippen LogP contribution in [0.4, 0.5) is 0 Å². The van der Waals surface area contributed by atoms with Gasteiger partial charge in [0.05, 0.1) is 10.0 Å². The Bertz CT molecular complexity index is 764. The van der Waals surface area contributed by atoms with Crippen LogP contribution in [0.25, 0.3) is 0 Å². The van der Waals surface area contributed by atoms with E-state index in [1.54, 1.807) is 18.0 Å². The van der Waals surface area contributed by atoms with Crippen molar-refractivity contribution in [3.8, 4) is 11.5 Å². The van der Waals surface area contributed by atoms with Crippen molar-refractivity contribution in [2.75, 3.05) is 13.8 Å². The summed E-state index contributed by atoms with van der Waals surface area (Å²) in [5.74, 6) is 1.53. The molecule has 0 bridgehead atoms. The zero-order valence-corrected chi connectivity index (χ0v) is 14.7. The predicted octanol–water partition coefficient (Wildman–Crippen LogP) is 4.31. The number of aryl methyl sites for hydroxylation is 1. The number of fused-ring (bicyclic) bond motifs is 1. The van der Waals surface area contributed by atoms with Crippen LogP contribution in [0, 0.1) is 0 Å². The number of rotatable bonds is 5. The van der Waals surface area contributed by atoms with Crippen LogP contribution < -0.4 is 9.47 Å². The minimum Gasteiger partial charge on any atom is -0.454 e. The standard InChI is InChI=1S/C18H17Cl2NO3/c1-21(10-13-3-2-4-14(19)18(13)20)17(22)8-6-12-5-7-15-16(9-12)24-11-23-15/h2-5,7,9H,6,8,10-11H2,1H3. The second-order valence-electron chi connectivity index (χ2n) is 5.65. The van der Waals surface area contributed by atoms with Crippen molar-refractivity contribution in [2.45, 2.75) is 19.4 Å². The lowest BCUT2D eigenvalue weighted by Crippen LogP contribution is -2.26. The van der Waals surface area contributed by atoms with Crippen molar-refractivity contribution >= 4 is 29.1 Å². The molecule has 0 N–H and O–H groups in total. The Morgan fingerprint density at radius 1 is 1.17 bits per heavy atom. The largest absolute Gasteiger partial charge is 0.454 e. The number of hydrogen-bond acceptors (Lipinski definition) is 3. The maximum atomic E-state index is 12.3. The van der Waals surface area contributed by atoms with Crippen LogP contribution in [-0.2, 0) is 17.8 Å². The summed E-state index contributed by atoms with van der Waals surface area (Å²) >= 11 is 12.2. The van der Waals surface area contributed by atoms with E-state index in [2.05, 4.69) is 0 Å². The average molecular weight is 366 g/mol. The van der Waals surface area contributed by atoms with Gasteiger partial charge in [0.1, 0.15) is 0 Å². The van der Waals surface area contributed by atoms with Crippen molar-refractivity contribution in [3.63, 3.8) is 0 Å². The fourth-order valence-corrected chi connectivity index (χ4v) is 2.93. The van der Waals surface area contributed by atoms with Crippen molar-refractivity contribution in [1.82, 2.24) is 4.90 Å². The smallest absolute Gasteiger partial charge is 0.231 e. The molecule has 126 valence electrons. The molecule has 2 aromatic carbocycles. The molecule has 24 heavy (non-hydrogen) atoms. The highest BCUT2D eigenvalue weighted by atomic mass is 35.5. The van der Waals surface area contributed by atoms with E-state index in [1.807, 2.05) is 30.3 Å². The Morgan fingerprint density at radius 3 is 2.79 bits per heavy atom. The topological polar surface area (TPSA) is 38.8 Å². The molecule has 0 spiro atoms. The monoisotopic (exact) mass is 365 g/mol. The highest BCUT2D eigenvalue weighted by molar-refractivity contribution is 6.42. The van der Waals surface area contributed by atoms with E-state index < -0.39 is 0 Å². The first kappa shape index (κ1) is 16.9. The third kappa shape index (κ3) is 3.77. The van der Waals surface area contributed by atoms with Crippen LogP contribution >= 0.6 is 23.2 Å². The van der Waals surface area contributed by atoms with Gasteiger partial charge >= 0.3 is 0 Å². The van der Waals surface area contributed by atoms with Crippen LogP contribution in [-0.4, -0.2) is 24.6 Å². The fraction of sp³-hybridized carbons (Fsp3) is 0.278. The summed E-state index contributed by atoms with van der Waals surface area (Å²) in [5, 5.41) is 0.991. The third-order valence-corrected chi connectivity index (χ3v) is 4.79. The molecular weight excluding hydrogens is 349 g/mol. The molecule has 0 saturated heterocycles. The van der Waals surface area contributed by atoms with Crippen molar-refractivity contribution in [3.05, 3.63) is 57.6 Å². The van der Waals surface area contributed by atoms with Crippen molar-refractivity contribution < 1.29 is 14.3 Å². The van der Waals surface area contributed by atoms with E-state index >= 15 is 0 Å². The highest BCUT2D eigenvalue weighted by Gasteiger charge is 2.15. The molecule has 2 aromatic rings. The molecular formula is C18H17Cl2NO3. The molecule has 0 saturated carbocycles. The lowest BCUT2D eigenvalue weighted by atomic mass is 10.1. The van der Waals surface area contributed by atoms with Crippen LogP contribution in [0.15, 0.2) is 36.4 Å². The van der Waals surface area contributed by atoms with Gasteiger partial charge in [0, 0.05) is 20.0 Å². The number of ether oxygens (including phenoxy) is 2. The van der Waals surface area contributed by atoms with E-state index in [-0.39, 0.29) is 12.7 Å². The molecule has 6 heteroatoms. The van der Waals surface area contributed by atoms with Gasteiger partial charge < -0.3 is 14.4 Å². The van der Waals surface area contributed by atoms with Crippen molar-refractivity contribution in [1.29, 1.82) is 0 Å². The third-order valence-electron chi connectivity index (χ3n) is 3.93. The molecule has 4 nitrogen and oxygen atoms in total. The van der Waals surface area contributed by atoms with E-state index in [0.717, 1.165) is 22.6 Å². The first-order chi connectivity index (χ1) is 11.5.